The van der Waals surface area contributed by atoms with Crippen LogP contribution < -0.4 is 10.2 Å². The summed E-state index contributed by atoms with van der Waals surface area (Å²) in [5.41, 5.74) is 3.03. The number of carboxylic acid groups (broad SMARTS) is 1. The van der Waals surface area contributed by atoms with Crippen LogP contribution in [-0.2, 0) is 6.54 Å². The summed E-state index contributed by atoms with van der Waals surface area (Å²) in [5, 5.41) is 14.0. The molecule has 2 N–H and O–H groups in total. The number of nitrogens with zero attached hydrogens (tertiary/aromatic N) is 2. The predicted molar refractivity (Wildman–Crippen MR) is 84.3 cm³/mol. The van der Waals surface area contributed by atoms with Gasteiger partial charge in [0.15, 0.2) is 0 Å². The van der Waals surface area contributed by atoms with E-state index in [-0.39, 0.29) is 5.01 Å². The van der Waals surface area contributed by atoms with Gasteiger partial charge in [-0.2, -0.15) is 0 Å². The maximum Gasteiger partial charge on any atom is 0.365 e. The highest BCUT2D eigenvalue weighted by molar-refractivity contribution is 7.11. The molecule has 1 aromatic heterocycles. The smallest absolute Gasteiger partial charge is 0.365 e. The van der Waals surface area contributed by atoms with E-state index in [9.17, 15) is 4.79 Å². The van der Waals surface area contributed by atoms with E-state index in [1.54, 1.807) is 5.38 Å². The summed E-state index contributed by atoms with van der Waals surface area (Å²) in [5.74, 6) is -0.971. The zero-order chi connectivity index (χ0) is 14.7. The number of hydrogen-bond donors (Lipinski definition) is 2. The van der Waals surface area contributed by atoms with Crippen LogP contribution in [0.3, 0.4) is 0 Å². The van der Waals surface area contributed by atoms with E-state index in [1.165, 1.54) is 18.5 Å². The molecule has 5 nitrogen and oxygen atoms in total. The molecule has 1 aliphatic heterocycles. The first-order valence-electron chi connectivity index (χ1n) is 6.99. The van der Waals surface area contributed by atoms with Gasteiger partial charge in [0.25, 0.3) is 0 Å². The van der Waals surface area contributed by atoms with Crippen molar-refractivity contribution in [3.63, 3.8) is 0 Å². The summed E-state index contributed by atoms with van der Waals surface area (Å²) in [4.78, 5) is 17.2. The van der Waals surface area contributed by atoms with Gasteiger partial charge in [-0.15, -0.1) is 11.3 Å². The Hall–Kier alpha value is -2.08. The molecule has 0 aliphatic carbocycles. The molecule has 0 saturated carbocycles. The van der Waals surface area contributed by atoms with Crippen LogP contribution >= 0.6 is 11.3 Å². The van der Waals surface area contributed by atoms with Crippen molar-refractivity contribution in [3.05, 3.63) is 40.3 Å². The zero-order valence-corrected chi connectivity index (χ0v) is 12.4. The summed E-state index contributed by atoms with van der Waals surface area (Å²) in [7, 11) is 0. The topological polar surface area (TPSA) is 65.5 Å². The summed E-state index contributed by atoms with van der Waals surface area (Å²) in [6.45, 7) is 2.82. The molecule has 1 aliphatic rings. The Bertz CT molecular complexity index is 618. The number of rotatable bonds is 5. The number of hydrogen-bond acceptors (Lipinski definition) is 5. The summed E-state index contributed by atoms with van der Waals surface area (Å²) < 4.78 is 0. The van der Waals surface area contributed by atoms with Crippen molar-refractivity contribution in [2.45, 2.75) is 19.4 Å². The second-order valence-corrected chi connectivity index (χ2v) is 5.90. The number of carbonyl (C=O) groups is 1. The fourth-order valence-corrected chi connectivity index (χ4v) is 3.10. The van der Waals surface area contributed by atoms with Crippen molar-refractivity contribution in [3.8, 4) is 0 Å². The molecule has 2 aromatic rings. The minimum Gasteiger partial charge on any atom is -0.476 e. The van der Waals surface area contributed by atoms with Gasteiger partial charge in [-0.3, -0.25) is 0 Å². The van der Waals surface area contributed by atoms with Gasteiger partial charge in [0.2, 0.25) is 5.01 Å². The van der Waals surface area contributed by atoms with E-state index in [0.29, 0.717) is 6.54 Å². The first-order chi connectivity index (χ1) is 10.2. The Morgan fingerprint density at radius 2 is 2.00 bits per heavy atom. The molecule has 110 valence electrons. The van der Waals surface area contributed by atoms with Gasteiger partial charge < -0.3 is 15.3 Å². The first kappa shape index (κ1) is 13.9. The standard InChI is InChI=1S/C15H17N3O2S/c19-15(20)14-17-12(10-21-14)9-16-11-3-5-13(6-4-11)18-7-1-2-8-18/h3-6,10,16H,1-2,7-9H2,(H,19,20). The van der Waals surface area contributed by atoms with Gasteiger partial charge in [-0.1, -0.05) is 0 Å². The summed E-state index contributed by atoms with van der Waals surface area (Å²) >= 11 is 1.15. The molecule has 0 unspecified atom stereocenters. The second kappa shape index (κ2) is 6.13. The Balaban J connectivity index is 1.58. The molecule has 0 bridgehead atoms. The molecule has 6 heteroatoms. The van der Waals surface area contributed by atoms with Gasteiger partial charge in [0.05, 0.1) is 12.2 Å². The van der Waals surface area contributed by atoms with E-state index in [0.717, 1.165) is 35.8 Å². The van der Waals surface area contributed by atoms with Crippen molar-refractivity contribution in [1.29, 1.82) is 0 Å². The van der Waals surface area contributed by atoms with Crippen LogP contribution in [0.1, 0.15) is 28.3 Å². The minimum atomic E-state index is -0.971. The van der Waals surface area contributed by atoms with Crippen LogP contribution in [0.15, 0.2) is 29.6 Å². The number of anilines is 2. The average Bonchev–Trinajstić information content (AvgIpc) is 3.17. The Morgan fingerprint density at radius 1 is 1.29 bits per heavy atom. The van der Waals surface area contributed by atoms with Crippen molar-refractivity contribution >= 4 is 28.7 Å². The normalized spacial score (nSPS) is 14.4. The Kier molecular flexibility index (Phi) is 4.06. The van der Waals surface area contributed by atoms with E-state index in [2.05, 4.69) is 39.5 Å². The molecule has 0 radical (unpaired) electrons. The maximum absolute atomic E-state index is 10.8. The molecule has 21 heavy (non-hydrogen) atoms. The molecule has 0 amide bonds. The molecule has 1 fully saturated rings. The van der Waals surface area contributed by atoms with E-state index >= 15 is 0 Å². The fourth-order valence-electron chi connectivity index (χ4n) is 2.44. The largest absolute Gasteiger partial charge is 0.476 e. The molecule has 2 heterocycles. The van der Waals surface area contributed by atoms with Crippen LogP contribution in [0.4, 0.5) is 11.4 Å². The van der Waals surface area contributed by atoms with Crippen molar-refractivity contribution in [2.75, 3.05) is 23.3 Å². The number of aromatic carboxylic acids is 1. The Labute approximate surface area is 127 Å². The Morgan fingerprint density at radius 3 is 2.62 bits per heavy atom. The number of thiazole rings is 1. The maximum atomic E-state index is 10.8. The molecule has 3 rings (SSSR count). The predicted octanol–water partition coefficient (Wildman–Crippen LogP) is 3.05. The molecule has 0 atom stereocenters. The highest BCUT2D eigenvalue weighted by Crippen LogP contribution is 2.22. The molecule has 1 saturated heterocycles. The van der Waals surface area contributed by atoms with Gasteiger partial charge in [-0.25, -0.2) is 9.78 Å². The van der Waals surface area contributed by atoms with E-state index in [1.807, 2.05) is 0 Å². The van der Waals surface area contributed by atoms with Gasteiger partial charge in [0.1, 0.15) is 0 Å². The molecular formula is C15H17N3O2S. The van der Waals surface area contributed by atoms with Crippen LogP contribution in [0.5, 0.6) is 0 Å². The van der Waals surface area contributed by atoms with Crippen molar-refractivity contribution < 1.29 is 9.90 Å². The third-order valence-corrected chi connectivity index (χ3v) is 4.43. The average molecular weight is 303 g/mol. The van der Waals surface area contributed by atoms with Crippen LogP contribution in [-0.4, -0.2) is 29.1 Å². The minimum absolute atomic E-state index is 0.135. The lowest BCUT2D eigenvalue weighted by atomic mass is 10.2. The zero-order valence-electron chi connectivity index (χ0n) is 11.6. The number of nitrogens with one attached hydrogen (secondary N) is 1. The van der Waals surface area contributed by atoms with Crippen LogP contribution in [0.25, 0.3) is 0 Å². The highest BCUT2D eigenvalue weighted by Gasteiger charge is 2.12. The number of carboxylic acids is 1. The monoisotopic (exact) mass is 303 g/mol. The molecule has 0 spiro atoms. The number of benzene rings is 1. The second-order valence-electron chi connectivity index (χ2n) is 5.04. The lowest BCUT2D eigenvalue weighted by molar-refractivity contribution is 0.0696. The van der Waals surface area contributed by atoms with Crippen molar-refractivity contribution in [1.82, 2.24) is 4.98 Å². The molecular weight excluding hydrogens is 286 g/mol. The van der Waals surface area contributed by atoms with Crippen molar-refractivity contribution in [2.24, 2.45) is 0 Å². The molecule has 1 aromatic carbocycles. The van der Waals surface area contributed by atoms with Gasteiger partial charge >= 0.3 is 5.97 Å². The van der Waals surface area contributed by atoms with Gasteiger partial charge in [0, 0.05) is 29.8 Å². The summed E-state index contributed by atoms with van der Waals surface area (Å²) in [6.07, 6.45) is 2.55. The van der Waals surface area contributed by atoms with E-state index < -0.39 is 5.97 Å². The number of aromatic nitrogens is 1. The highest BCUT2D eigenvalue weighted by atomic mass is 32.1. The summed E-state index contributed by atoms with van der Waals surface area (Å²) in [6, 6.07) is 8.35. The van der Waals surface area contributed by atoms with E-state index in [4.69, 9.17) is 5.11 Å². The lowest BCUT2D eigenvalue weighted by Gasteiger charge is -2.17. The van der Waals surface area contributed by atoms with Crippen LogP contribution in [0, 0.1) is 0 Å². The van der Waals surface area contributed by atoms with Gasteiger partial charge in [-0.05, 0) is 37.1 Å². The third-order valence-electron chi connectivity index (χ3n) is 3.55. The first-order valence-corrected chi connectivity index (χ1v) is 7.87. The lowest BCUT2D eigenvalue weighted by Crippen LogP contribution is -2.17. The SMILES string of the molecule is O=C(O)c1nc(CNc2ccc(N3CCCC3)cc2)cs1. The van der Waals surface area contributed by atoms with Crippen LogP contribution in [0.2, 0.25) is 0 Å². The third kappa shape index (κ3) is 3.33. The quantitative estimate of drug-likeness (QED) is 0.888. The fraction of sp³-hybridized carbons (Fsp3) is 0.333.